The summed E-state index contributed by atoms with van der Waals surface area (Å²) in [6.45, 7) is 0. The van der Waals surface area contributed by atoms with Gasteiger partial charge in [-0.15, -0.1) is 45.3 Å². The topological polar surface area (TPSA) is 32.3 Å². The number of benzene rings is 9. The van der Waals surface area contributed by atoms with Crippen LogP contribution in [0.1, 0.15) is 0 Å². The highest BCUT2D eigenvalue weighted by molar-refractivity contribution is 7.27. The highest BCUT2D eigenvalue weighted by Gasteiger charge is 2.19. The monoisotopic (exact) mass is 890 g/mol. The van der Waals surface area contributed by atoms with Crippen molar-refractivity contribution in [2.75, 3.05) is 9.80 Å². The molecule has 4 heterocycles. The second-order valence-corrected chi connectivity index (χ2v) is 20.0. The number of hydrogen-bond donors (Lipinski definition) is 0. The molecule has 4 nitrogen and oxygen atoms in total. The van der Waals surface area contributed by atoms with Crippen molar-refractivity contribution in [3.63, 3.8) is 0 Å². The number of hydrogen-bond acceptors (Lipinski definition) is 8. The standard InChI is InChI=1S/C56H34N4S4/c1-3-11-37(12-4-1)59(39-23-19-35(20-24-39)55-57-47-15-7-9-17-49(47)63-55)41-27-29-43-45-33-54-46(34-53(45)61-51(43)31-41)44-30-28-42(32-52(44)62-54)60(38-13-5-2-6-14-38)40-25-21-36(22-26-40)56-58-48-16-8-10-18-50(48)64-56/h1-34H. The summed E-state index contributed by atoms with van der Waals surface area (Å²) in [5.74, 6) is 0. The minimum absolute atomic E-state index is 1.04. The van der Waals surface area contributed by atoms with Crippen molar-refractivity contribution in [1.82, 2.24) is 9.97 Å². The highest BCUT2D eigenvalue weighted by atomic mass is 32.1. The molecule has 0 aliphatic rings. The first-order valence-electron chi connectivity index (χ1n) is 21.1. The summed E-state index contributed by atoms with van der Waals surface area (Å²) >= 11 is 7.22. The van der Waals surface area contributed by atoms with Gasteiger partial charge in [-0.1, -0.05) is 72.8 Å². The lowest BCUT2D eigenvalue weighted by atomic mass is 10.1. The number of thiophene rings is 2. The van der Waals surface area contributed by atoms with E-state index in [9.17, 15) is 0 Å². The maximum atomic E-state index is 4.91. The van der Waals surface area contributed by atoms with Crippen molar-refractivity contribution in [3.05, 3.63) is 206 Å². The summed E-state index contributed by atoms with van der Waals surface area (Å²) in [4.78, 5) is 14.5. The van der Waals surface area contributed by atoms with Gasteiger partial charge >= 0.3 is 0 Å². The number of anilines is 6. The van der Waals surface area contributed by atoms with Gasteiger partial charge in [-0.25, -0.2) is 9.97 Å². The van der Waals surface area contributed by atoms with Crippen molar-refractivity contribution in [3.8, 4) is 21.1 Å². The first-order chi connectivity index (χ1) is 31.7. The van der Waals surface area contributed by atoms with E-state index >= 15 is 0 Å². The fourth-order valence-corrected chi connectivity index (χ4v) is 13.1. The smallest absolute Gasteiger partial charge is 0.124 e. The number of fused-ring (bicyclic) bond motifs is 8. The van der Waals surface area contributed by atoms with Crippen LogP contribution >= 0.6 is 45.3 Å². The third kappa shape index (κ3) is 6.45. The molecule has 0 aliphatic carbocycles. The van der Waals surface area contributed by atoms with Crippen molar-refractivity contribution in [2.24, 2.45) is 0 Å². The maximum absolute atomic E-state index is 4.91. The van der Waals surface area contributed by atoms with Crippen LogP contribution in [0.25, 0.3) is 81.9 Å². The molecule has 13 rings (SSSR count). The van der Waals surface area contributed by atoms with Crippen LogP contribution in [-0.2, 0) is 0 Å². The molecule has 4 aromatic heterocycles. The van der Waals surface area contributed by atoms with Gasteiger partial charge in [-0.05, 0) is 133 Å². The highest BCUT2D eigenvalue weighted by Crippen LogP contribution is 2.46. The second kappa shape index (κ2) is 15.3. The Morgan fingerprint density at radius 1 is 0.266 bits per heavy atom. The Kier molecular flexibility index (Phi) is 8.91. The van der Waals surface area contributed by atoms with Gasteiger partial charge in [0.15, 0.2) is 0 Å². The van der Waals surface area contributed by atoms with Gasteiger partial charge in [-0.3, -0.25) is 0 Å². The third-order valence-electron chi connectivity index (χ3n) is 11.9. The maximum Gasteiger partial charge on any atom is 0.124 e. The average Bonchev–Trinajstić information content (AvgIpc) is 4.14. The number of para-hydroxylation sites is 4. The molecule has 8 heteroatoms. The summed E-state index contributed by atoms with van der Waals surface area (Å²) in [5, 5.41) is 7.25. The third-order valence-corrected chi connectivity index (χ3v) is 16.3. The Bertz CT molecular complexity index is 3530. The molecule has 302 valence electrons. The van der Waals surface area contributed by atoms with E-state index in [-0.39, 0.29) is 0 Å². The van der Waals surface area contributed by atoms with Crippen LogP contribution in [0.2, 0.25) is 0 Å². The molecule has 9 aromatic carbocycles. The van der Waals surface area contributed by atoms with Gasteiger partial charge < -0.3 is 9.80 Å². The van der Waals surface area contributed by atoms with E-state index in [1.54, 1.807) is 22.7 Å². The van der Waals surface area contributed by atoms with E-state index in [2.05, 4.69) is 204 Å². The summed E-state index contributed by atoms with van der Waals surface area (Å²) in [6.07, 6.45) is 0. The Balaban J connectivity index is 0.851. The lowest BCUT2D eigenvalue weighted by Gasteiger charge is -2.25. The zero-order chi connectivity index (χ0) is 42.1. The summed E-state index contributed by atoms with van der Waals surface area (Å²) < 4.78 is 7.56. The van der Waals surface area contributed by atoms with Crippen LogP contribution < -0.4 is 9.80 Å². The normalized spacial score (nSPS) is 11.8. The molecular weight excluding hydrogens is 857 g/mol. The van der Waals surface area contributed by atoms with E-state index in [1.165, 1.54) is 49.7 Å². The van der Waals surface area contributed by atoms with E-state index in [0.29, 0.717) is 0 Å². The van der Waals surface area contributed by atoms with Crippen LogP contribution in [0.5, 0.6) is 0 Å². The number of nitrogens with zero attached hydrogens (tertiary/aromatic N) is 4. The molecule has 0 aliphatic heterocycles. The first-order valence-corrected chi connectivity index (χ1v) is 24.4. The second-order valence-electron chi connectivity index (χ2n) is 15.8. The van der Waals surface area contributed by atoms with Crippen LogP contribution in [0, 0.1) is 0 Å². The Labute approximate surface area is 384 Å². The van der Waals surface area contributed by atoms with E-state index in [4.69, 9.17) is 9.97 Å². The first kappa shape index (κ1) is 37.4. The Morgan fingerprint density at radius 2 is 0.625 bits per heavy atom. The molecule has 0 N–H and O–H groups in total. The van der Waals surface area contributed by atoms with Crippen LogP contribution in [0.15, 0.2) is 206 Å². The number of thiazole rings is 2. The van der Waals surface area contributed by atoms with Crippen LogP contribution in [0.3, 0.4) is 0 Å². The van der Waals surface area contributed by atoms with Crippen molar-refractivity contribution >= 4 is 140 Å². The Hall–Kier alpha value is -7.20. The summed E-state index contributed by atoms with van der Waals surface area (Å²) in [5.41, 5.74) is 11.1. The zero-order valence-electron chi connectivity index (χ0n) is 34.1. The molecule has 0 spiro atoms. The van der Waals surface area contributed by atoms with Crippen molar-refractivity contribution < 1.29 is 0 Å². The SMILES string of the molecule is c1ccc(N(c2ccc(-c3nc4ccccc4s3)cc2)c2ccc3c(c2)sc2cc4c(cc23)sc2cc(N(c3ccccc3)c3ccc(-c5nc6ccccc6s5)cc3)ccc24)cc1. The molecule has 0 saturated heterocycles. The lowest BCUT2D eigenvalue weighted by Crippen LogP contribution is -2.09. The van der Waals surface area contributed by atoms with Gasteiger partial charge in [0.1, 0.15) is 10.0 Å². The van der Waals surface area contributed by atoms with Gasteiger partial charge in [0.25, 0.3) is 0 Å². The molecule has 0 unspecified atom stereocenters. The van der Waals surface area contributed by atoms with Gasteiger partial charge in [0, 0.05) is 85.6 Å². The molecular formula is C56H34N4S4. The molecule has 0 amide bonds. The molecule has 0 bridgehead atoms. The predicted molar refractivity (Wildman–Crippen MR) is 279 cm³/mol. The quantitative estimate of drug-likeness (QED) is 0.152. The van der Waals surface area contributed by atoms with Gasteiger partial charge in [-0.2, -0.15) is 0 Å². The Morgan fingerprint density at radius 3 is 1.05 bits per heavy atom. The summed E-state index contributed by atoms with van der Waals surface area (Å²) in [6, 6.07) is 74.4. The molecule has 0 atom stereocenters. The average molecular weight is 891 g/mol. The fourth-order valence-electron chi connectivity index (χ4n) is 8.85. The van der Waals surface area contributed by atoms with Gasteiger partial charge in [0.05, 0.1) is 20.4 Å². The summed E-state index contributed by atoms with van der Waals surface area (Å²) in [7, 11) is 0. The number of rotatable bonds is 8. The minimum atomic E-state index is 1.04. The van der Waals surface area contributed by atoms with Crippen LogP contribution in [-0.4, -0.2) is 9.97 Å². The van der Waals surface area contributed by atoms with E-state index in [0.717, 1.165) is 66.3 Å². The van der Waals surface area contributed by atoms with Crippen LogP contribution in [0.4, 0.5) is 34.1 Å². The predicted octanol–water partition coefficient (Wildman–Crippen LogP) is 17.9. The molecule has 0 fully saturated rings. The van der Waals surface area contributed by atoms with E-state index in [1.807, 2.05) is 34.8 Å². The largest absolute Gasteiger partial charge is 0.310 e. The van der Waals surface area contributed by atoms with Gasteiger partial charge in [0.2, 0.25) is 0 Å². The molecule has 64 heavy (non-hydrogen) atoms. The fraction of sp³-hybridized carbons (Fsp3) is 0. The van der Waals surface area contributed by atoms with E-state index < -0.39 is 0 Å². The van der Waals surface area contributed by atoms with Crippen molar-refractivity contribution in [2.45, 2.75) is 0 Å². The van der Waals surface area contributed by atoms with Crippen molar-refractivity contribution in [1.29, 1.82) is 0 Å². The lowest BCUT2D eigenvalue weighted by molar-refractivity contribution is 1.29. The minimum Gasteiger partial charge on any atom is -0.310 e. The zero-order valence-corrected chi connectivity index (χ0v) is 37.3. The molecule has 0 saturated carbocycles. The number of aromatic nitrogens is 2. The molecule has 13 aromatic rings. The molecule has 0 radical (unpaired) electrons.